The minimum Gasteiger partial charge on any atom is -0.482 e. The van der Waals surface area contributed by atoms with Crippen molar-refractivity contribution in [3.8, 4) is 5.75 Å². The number of aryl methyl sites for hydroxylation is 4. The number of thioether (sulfide) groups is 1. The normalized spacial score (nSPS) is 10.7. The van der Waals surface area contributed by atoms with Crippen LogP contribution in [0, 0.1) is 27.7 Å². The summed E-state index contributed by atoms with van der Waals surface area (Å²) in [6.07, 6.45) is 1.35. The first-order valence-electron chi connectivity index (χ1n) is 8.97. The van der Waals surface area contributed by atoms with Crippen LogP contribution in [-0.4, -0.2) is 29.2 Å². The third kappa shape index (κ3) is 6.14. The van der Waals surface area contributed by atoms with Crippen LogP contribution in [0.1, 0.15) is 45.5 Å². The molecule has 0 bridgehead atoms. The van der Waals surface area contributed by atoms with Crippen molar-refractivity contribution in [3.05, 3.63) is 58.1 Å². The molecule has 2 aromatic rings. The van der Waals surface area contributed by atoms with E-state index in [1.165, 1.54) is 0 Å². The molecule has 0 saturated heterocycles. The summed E-state index contributed by atoms with van der Waals surface area (Å²) in [5, 5.41) is 8.74. The van der Waals surface area contributed by atoms with Crippen molar-refractivity contribution in [3.63, 3.8) is 0 Å². The highest BCUT2D eigenvalue weighted by molar-refractivity contribution is 7.99. The van der Waals surface area contributed by atoms with Crippen LogP contribution in [0.4, 0.5) is 0 Å². The van der Waals surface area contributed by atoms with Crippen molar-refractivity contribution in [1.82, 2.24) is 0 Å². The molecule has 0 heterocycles. The Labute approximate surface area is 164 Å². The Morgan fingerprint density at radius 3 is 2.44 bits per heavy atom. The van der Waals surface area contributed by atoms with Gasteiger partial charge in [-0.25, -0.2) is 4.79 Å². The highest BCUT2D eigenvalue weighted by atomic mass is 32.2. The molecule has 0 aliphatic carbocycles. The molecule has 2 rings (SSSR count). The van der Waals surface area contributed by atoms with E-state index in [2.05, 4.69) is 0 Å². The Kier molecular flexibility index (Phi) is 7.48. The fraction of sp³-hybridized carbons (Fsp3) is 0.364. The number of ketones is 1. The summed E-state index contributed by atoms with van der Waals surface area (Å²) < 4.78 is 5.31. The maximum atomic E-state index is 12.4. The van der Waals surface area contributed by atoms with Crippen LogP contribution in [0.3, 0.4) is 0 Å². The largest absolute Gasteiger partial charge is 0.482 e. The van der Waals surface area contributed by atoms with Gasteiger partial charge in [-0.3, -0.25) is 4.79 Å². The summed E-state index contributed by atoms with van der Waals surface area (Å²) in [6.45, 7) is 7.53. The van der Waals surface area contributed by atoms with Crippen molar-refractivity contribution in [2.24, 2.45) is 0 Å². The van der Waals surface area contributed by atoms with E-state index in [9.17, 15) is 9.59 Å². The standard InChI is InChI=1S/C22H26O4S/c1-14-7-8-15(2)18(10-14)19(23)6-5-9-27-21-12-16(3)20(11-17(21)4)26-13-22(24)25/h7-8,10-12H,5-6,9,13H2,1-4H3,(H,24,25). The molecule has 0 fully saturated rings. The smallest absolute Gasteiger partial charge is 0.341 e. The van der Waals surface area contributed by atoms with Gasteiger partial charge in [-0.05, 0) is 74.8 Å². The number of carboxylic acids is 1. The van der Waals surface area contributed by atoms with Crippen LogP contribution in [0.2, 0.25) is 0 Å². The van der Waals surface area contributed by atoms with Gasteiger partial charge in [-0.1, -0.05) is 17.7 Å². The number of carbonyl (C=O) groups is 2. The molecule has 0 radical (unpaired) electrons. The quantitative estimate of drug-likeness (QED) is 0.367. The van der Waals surface area contributed by atoms with Crippen molar-refractivity contribution >= 4 is 23.5 Å². The van der Waals surface area contributed by atoms with Gasteiger partial charge in [0.2, 0.25) is 0 Å². The topological polar surface area (TPSA) is 63.6 Å². The molecular formula is C22H26O4S. The first kappa shape index (κ1) is 21.0. The molecule has 0 aromatic heterocycles. The summed E-state index contributed by atoms with van der Waals surface area (Å²) in [5.74, 6) is 0.664. The van der Waals surface area contributed by atoms with Gasteiger partial charge < -0.3 is 9.84 Å². The Morgan fingerprint density at radius 1 is 1.00 bits per heavy atom. The molecule has 0 spiro atoms. The fourth-order valence-electron chi connectivity index (χ4n) is 2.80. The molecule has 2 aromatic carbocycles. The first-order valence-corrected chi connectivity index (χ1v) is 9.95. The fourth-order valence-corrected chi connectivity index (χ4v) is 3.85. The third-order valence-corrected chi connectivity index (χ3v) is 5.57. The van der Waals surface area contributed by atoms with Crippen LogP contribution in [0.25, 0.3) is 0 Å². The Hall–Kier alpha value is -2.27. The molecule has 0 atom stereocenters. The van der Waals surface area contributed by atoms with Gasteiger partial charge in [0, 0.05) is 16.9 Å². The maximum Gasteiger partial charge on any atom is 0.341 e. The second-order valence-corrected chi connectivity index (χ2v) is 7.90. The van der Waals surface area contributed by atoms with Gasteiger partial charge in [0.05, 0.1) is 0 Å². The minimum absolute atomic E-state index is 0.196. The van der Waals surface area contributed by atoms with E-state index >= 15 is 0 Å². The van der Waals surface area contributed by atoms with Gasteiger partial charge in [0.1, 0.15) is 5.75 Å². The highest BCUT2D eigenvalue weighted by Crippen LogP contribution is 2.30. The van der Waals surface area contributed by atoms with Crippen LogP contribution in [-0.2, 0) is 4.79 Å². The van der Waals surface area contributed by atoms with E-state index in [1.54, 1.807) is 11.8 Å². The maximum absolute atomic E-state index is 12.4. The molecule has 0 amide bonds. The number of benzene rings is 2. The number of Topliss-reactive ketones (excluding diaryl/α,β-unsaturated/α-hetero) is 1. The van der Waals surface area contributed by atoms with Crippen molar-refractivity contribution in [2.45, 2.75) is 45.4 Å². The van der Waals surface area contributed by atoms with Crippen molar-refractivity contribution < 1.29 is 19.4 Å². The Morgan fingerprint density at radius 2 is 1.74 bits per heavy atom. The number of hydrogen-bond donors (Lipinski definition) is 1. The zero-order chi connectivity index (χ0) is 20.0. The van der Waals surface area contributed by atoms with E-state index in [0.29, 0.717) is 12.2 Å². The Bertz CT molecular complexity index is 842. The number of hydrogen-bond acceptors (Lipinski definition) is 4. The lowest BCUT2D eigenvalue weighted by molar-refractivity contribution is -0.139. The molecule has 0 unspecified atom stereocenters. The zero-order valence-electron chi connectivity index (χ0n) is 16.3. The number of rotatable bonds is 9. The van der Waals surface area contributed by atoms with Gasteiger partial charge >= 0.3 is 5.97 Å². The monoisotopic (exact) mass is 386 g/mol. The molecule has 144 valence electrons. The first-order chi connectivity index (χ1) is 12.8. The molecule has 4 nitrogen and oxygen atoms in total. The van der Waals surface area contributed by atoms with E-state index in [-0.39, 0.29) is 12.4 Å². The lowest BCUT2D eigenvalue weighted by atomic mass is 10.00. The molecule has 5 heteroatoms. The molecule has 0 aliphatic rings. The van der Waals surface area contributed by atoms with Gasteiger partial charge in [-0.15, -0.1) is 11.8 Å². The number of ether oxygens (including phenoxy) is 1. The molecule has 1 N–H and O–H groups in total. The summed E-state index contributed by atoms with van der Waals surface area (Å²) in [7, 11) is 0. The Balaban J connectivity index is 1.89. The number of aliphatic carboxylic acids is 1. The highest BCUT2D eigenvalue weighted by Gasteiger charge is 2.11. The summed E-state index contributed by atoms with van der Waals surface area (Å²) >= 11 is 1.71. The van der Waals surface area contributed by atoms with Crippen LogP contribution < -0.4 is 4.74 Å². The molecule has 0 aliphatic heterocycles. The van der Waals surface area contributed by atoms with Gasteiger partial charge in [0.15, 0.2) is 12.4 Å². The second-order valence-electron chi connectivity index (χ2n) is 6.76. The van der Waals surface area contributed by atoms with Gasteiger partial charge in [0.25, 0.3) is 0 Å². The lowest BCUT2D eigenvalue weighted by Gasteiger charge is -2.12. The van der Waals surface area contributed by atoms with Crippen molar-refractivity contribution in [2.75, 3.05) is 12.4 Å². The molecule has 27 heavy (non-hydrogen) atoms. The summed E-state index contributed by atoms with van der Waals surface area (Å²) in [5.41, 5.74) is 4.92. The van der Waals surface area contributed by atoms with E-state index in [0.717, 1.165) is 44.9 Å². The SMILES string of the molecule is Cc1ccc(C)c(C(=O)CCCSc2cc(C)c(OCC(=O)O)cc2C)c1. The number of carboxylic acid groups (broad SMARTS) is 1. The zero-order valence-corrected chi connectivity index (χ0v) is 17.1. The van der Waals surface area contributed by atoms with E-state index in [1.807, 2.05) is 58.0 Å². The van der Waals surface area contributed by atoms with Crippen LogP contribution in [0.5, 0.6) is 5.75 Å². The predicted octanol–water partition coefficient (Wildman–Crippen LogP) is 5.14. The van der Waals surface area contributed by atoms with E-state index < -0.39 is 5.97 Å². The average molecular weight is 387 g/mol. The van der Waals surface area contributed by atoms with Crippen molar-refractivity contribution in [1.29, 1.82) is 0 Å². The second kappa shape index (κ2) is 9.60. The molecular weight excluding hydrogens is 360 g/mol. The van der Waals surface area contributed by atoms with Crippen LogP contribution >= 0.6 is 11.8 Å². The third-order valence-electron chi connectivity index (χ3n) is 4.32. The van der Waals surface area contributed by atoms with Crippen LogP contribution in [0.15, 0.2) is 35.2 Å². The summed E-state index contributed by atoms with van der Waals surface area (Å²) in [6, 6.07) is 9.88. The molecule has 0 saturated carbocycles. The number of carbonyl (C=O) groups excluding carboxylic acids is 1. The summed E-state index contributed by atoms with van der Waals surface area (Å²) in [4.78, 5) is 24.2. The average Bonchev–Trinajstić information content (AvgIpc) is 2.61. The lowest BCUT2D eigenvalue weighted by Crippen LogP contribution is -2.10. The van der Waals surface area contributed by atoms with Gasteiger partial charge in [-0.2, -0.15) is 0 Å². The minimum atomic E-state index is -0.987. The predicted molar refractivity (Wildman–Crippen MR) is 109 cm³/mol. The van der Waals surface area contributed by atoms with E-state index in [4.69, 9.17) is 9.84 Å².